The van der Waals surface area contributed by atoms with Gasteiger partial charge in [0, 0.05) is 6.07 Å². The van der Waals surface area contributed by atoms with E-state index in [1.54, 1.807) is 12.1 Å². The summed E-state index contributed by atoms with van der Waals surface area (Å²) in [5, 5.41) is 11.8. The third kappa shape index (κ3) is 5.21. The fourth-order valence-corrected chi connectivity index (χ4v) is 2.06. The Hall–Kier alpha value is -2.65. The number of hydrogen-bond acceptors (Lipinski definition) is 5. The number of aromatic nitrogens is 1. The molecule has 0 saturated heterocycles. The number of ether oxygens (including phenoxy) is 2. The summed E-state index contributed by atoms with van der Waals surface area (Å²) in [6.45, 7) is 2.96. The summed E-state index contributed by atoms with van der Waals surface area (Å²) in [6, 6.07) is 11.4. The van der Waals surface area contributed by atoms with Crippen molar-refractivity contribution in [1.82, 2.24) is 10.3 Å². The van der Waals surface area contributed by atoms with Crippen molar-refractivity contribution in [2.45, 2.75) is 26.1 Å². The van der Waals surface area contributed by atoms with Gasteiger partial charge in [-0.15, -0.1) is 0 Å². The van der Waals surface area contributed by atoms with E-state index in [2.05, 4.69) is 10.3 Å². The molecule has 0 aliphatic carbocycles. The second-order valence-electron chi connectivity index (χ2n) is 5.33. The maximum atomic E-state index is 13.8. The van der Waals surface area contributed by atoms with Crippen LogP contribution in [0.25, 0.3) is 0 Å². The first-order valence-electron chi connectivity index (χ1n) is 7.72. The van der Waals surface area contributed by atoms with Crippen LogP contribution in [0.4, 0.5) is 4.39 Å². The van der Waals surface area contributed by atoms with Crippen LogP contribution in [0.15, 0.2) is 36.4 Å². The van der Waals surface area contributed by atoms with Crippen LogP contribution >= 0.6 is 0 Å². The maximum Gasteiger partial charge on any atom is 0.213 e. The van der Waals surface area contributed by atoms with Crippen molar-refractivity contribution < 1.29 is 13.9 Å². The molecule has 0 amide bonds. The second kappa shape index (κ2) is 8.85. The van der Waals surface area contributed by atoms with Crippen molar-refractivity contribution in [2.75, 3.05) is 13.6 Å². The SMILES string of the molecule is CNCCC(C)Oc1cccc(COc2ccc(C#N)cc2F)n1. The van der Waals surface area contributed by atoms with Gasteiger partial charge in [-0.3, -0.25) is 0 Å². The van der Waals surface area contributed by atoms with Crippen molar-refractivity contribution >= 4 is 0 Å². The number of pyridine rings is 1. The third-order valence-corrected chi connectivity index (χ3v) is 3.34. The highest BCUT2D eigenvalue weighted by Crippen LogP contribution is 2.19. The lowest BCUT2D eigenvalue weighted by Gasteiger charge is -2.14. The first-order chi connectivity index (χ1) is 11.6. The van der Waals surface area contributed by atoms with Crippen LogP contribution in [0.1, 0.15) is 24.6 Å². The summed E-state index contributed by atoms with van der Waals surface area (Å²) in [7, 11) is 1.89. The molecule has 0 bridgehead atoms. The molecule has 6 heteroatoms. The van der Waals surface area contributed by atoms with Crippen LogP contribution in [-0.2, 0) is 6.61 Å². The van der Waals surface area contributed by atoms with Crippen LogP contribution in [0, 0.1) is 17.1 Å². The predicted octanol–water partition coefficient (Wildman–Crippen LogP) is 3.05. The summed E-state index contributed by atoms with van der Waals surface area (Å²) in [5.41, 5.74) is 0.890. The van der Waals surface area contributed by atoms with Crippen molar-refractivity contribution in [2.24, 2.45) is 0 Å². The molecule has 126 valence electrons. The van der Waals surface area contributed by atoms with Crippen LogP contribution in [-0.4, -0.2) is 24.7 Å². The molecule has 0 saturated carbocycles. The van der Waals surface area contributed by atoms with E-state index in [0.29, 0.717) is 11.6 Å². The summed E-state index contributed by atoms with van der Waals surface area (Å²) in [5.74, 6) is 0.0339. The number of halogens is 1. The van der Waals surface area contributed by atoms with Gasteiger partial charge in [0.25, 0.3) is 0 Å². The van der Waals surface area contributed by atoms with Crippen molar-refractivity contribution in [3.05, 3.63) is 53.5 Å². The van der Waals surface area contributed by atoms with Crippen molar-refractivity contribution in [1.29, 1.82) is 5.26 Å². The number of benzene rings is 1. The van der Waals surface area contributed by atoms with Gasteiger partial charge in [0.2, 0.25) is 5.88 Å². The normalized spacial score (nSPS) is 11.6. The minimum Gasteiger partial charge on any atom is -0.484 e. The van der Waals surface area contributed by atoms with Crippen LogP contribution in [0.2, 0.25) is 0 Å². The molecular formula is C18H20FN3O2. The Labute approximate surface area is 141 Å². The van der Waals surface area contributed by atoms with Gasteiger partial charge in [-0.1, -0.05) is 6.07 Å². The number of nitrogens with zero attached hydrogens (tertiary/aromatic N) is 2. The summed E-state index contributed by atoms with van der Waals surface area (Å²) >= 11 is 0. The first-order valence-corrected chi connectivity index (χ1v) is 7.72. The molecule has 1 heterocycles. The van der Waals surface area contributed by atoms with Gasteiger partial charge in [0.15, 0.2) is 11.6 Å². The van der Waals surface area contributed by atoms with Gasteiger partial charge in [-0.05, 0) is 51.2 Å². The standard InChI is InChI=1S/C18H20FN3O2/c1-13(8-9-21-2)24-18-5-3-4-15(22-18)12-23-17-7-6-14(11-20)10-16(17)19/h3-7,10,13,21H,8-9,12H2,1-2H3. The molecule has 0 radical (unpaired) electrons. The van der Waals surface area contributed by atoms with E-state index in [1.807, 2.05) is 26.1 Å². The molecule has 1 aromatic carbocycles. The average Bonchev–Trinajstić information content (AvgIpc) is 2.59. The largest absolute Gasteiger partial charge is 0.484 e. The van der Waals surface area contributed by atoms with Crippen molar-refractivity contribution in [3.8, 4) is 17.7 Å². The molecular weight excluding hydrogens is 309 g/mol. The van der Waals surface area contributed by atoms with E-state index >= 15 is 0 Å². The molecule has 5 nitrogen and oxygen atoms in total. The molecule has 2 aromatic rings. The van der Waals surface area contributed by atoms with Crippen LogP contribution in [0.5, 0.6) is 11.6 Å². The van der Waals surface area contributed by atoms with E-state index in [9.17, 15) is 4.39 Å². The molecule has 0 fully saturated rings. The number of hydrogen-bond donors (Lipinski definition) is 1. The Kier molecular flexibility index (Phi) is 6.52. The maximum absolute atomic E-state index is 13.8. The lowest BCUT2D eigenvalue weighted by molar-refractivity contribution is 0.200. The number of rotatable bonds is 8. The summed E-state index contributed by atoms with van der Waals surface area (Å²) in [4.78, 5) is 4.36. The zero-order valence-electron chi connectivity index (χ0n) is 13.8. The van der Waals surface area contributed by atoms with Gasteiger partial charge in [-0.25, -0.2) is 9.37 Å². The molecule has 1 atom stereocenters. The van der Waals surface area contributed by atoms with E-state index in [-0.39, 0.29) is 24.0 Å². The molecule has 2 rings (SSSR count). The monoisotopic (exact) mass is 329 g/mol. The van der Waals surface area contributed by atoms with Gasteiger partial charge in [0.05, 0.1) is 23.4 Å². The van der Waals surface area contributed by atoms with Gasteiger partial charge in [-0.2, -0.15) is 5.26 Å². The Morgan fingerprint density at radius 2 is 2.17 bits per heavy atom. The van der Waals surface area contributed by atoms with Crippen molar-refractivity contribution in [3.63, 3.8) is 0 Å². The summed E-state index contributed by atoms with van der Waals surface area (Å²) in [6.07, 6.45) is 0.909. The molecule has 1 unspecified atom stereocenters. The fourth-order valence-electron chi connectivity index (χ4n) is 2.06. The lowest BCUT2D eigenvalue weighted by atomic mass is 10.2. The van der Waals surface area contributed by atoms with Gasteiger partial charge < -0.3 is 14.8 Å². The average molecular weight is 329 g/mol. The zero-order valence-corrected chi connectivity index (χ0v) is 13.8. The smallest absolute Gasteiger partial charge is 0.213 e. The highest BCUT2D eigenvalue weighted by molar-refractivity contribution is 5.36. The predicted molar refractivity (Wildman–Crippen MR) is 88.3 cm³/mol. The Morgan fingerprint density at radius 3 is 2.88 bits per heavy atom. The Morgan fingerprint density at radius 1 is 1.33 bits per heavy atom. The topological polar surface area (TPSA) is 67.2 Å². The molecule has 0 aliphatic rings. The lowest BCUT2D eigenvalue weighted by Crippen LogP contribution is -2.19. The molecule has 0 aliphatic heterocycles. The van der Waals surface area contributed by atoms with E-state index in [4.69, 9.17) is 14.7 Å². The Bertz CT molecular complexity index is 716. The molecule has 1 N–H and O–H groups in total. The zero-order chi connectivity index (χ0) is 17.4. The van der Waals surface area contributed by atoms with Gasteiger partial charge >= 0.3 is 0 Å². The Balaban J connectivity index is 1.96. The molecule has 0 spiro atoms. The highest BCUT2D eigenvalue weighted by atomic mass is 19.1. The first kappa shape index (κ1) is 17.7. The molecule has 24 heavy (non-hydrogen) atoms. The minimum absolute atomic E-state index is 0.0390. The minimum atomic E-state index is -0.567. The van der Waals surface area contributed by atoms with E-state index in [1.165, 1.54) is 12.1 Å². The quantitative estimate of drug-likeness (QED) is 0.806. The van der Waals surface area contributed by atoms with Crippen LogP contribution in [0.3, 0.4) is 0 Å². The van der Waals surface area contributed by atoms with E-state index in [0.717, 1.165) is 19.0 Å². The number of nitriles is 1. The van der Waals surface area contributed by atoms with Gasteiger partial charge in [0.1, 0.15) is 6.61 Å². The highest BCUT2D eigenvalue weighted by Gasteiger charge is 2.08. The second-order valence-corrected chi connectivity index (χ2v) is 5.33. The number of nitrogens with one attached hydrogen (secondary N) is 1. The third-order valence-electron chi connectivity index (χ3n) is 3.34. The summed E-state index contributed by atoms with van der Waals surface area (Å²) < 4.78 is 25.0. The van der Waals surface area contributed by atoms with E-state index < -0.39 is 5.82 Å². The van der Waals surface area contributed by atoms with Crippen LogP contribution < -0.4 is 14.8 Å². The fraction of sp³-hybridized carbons (Fsp3) is 0.333. The molecule has 1 aromatic heterocycles.